The second-order valence-electron chi connectivity index (χ2n) is 3.90. The van der Waals surface area contributed by atoms with Gasteiger partial charge < -0.3 is 5.84 Å². The summed E-state index contributed by atoms with van der Waals surface area (Å²) in [6.07, 6.45) is 4.05. The van der Waals surface area contributed by atoms with Gasteiger partial charge in [-0.25, -0.2) is 0 Å². The summed E-state index contributed by atoms with van der Waals surface area (Å²) < 4.78 is 0. The fourth-order valence-corrected chi connectivity index (χ4v) is 3.02. The number of amides is 1. The van der Waals surface area contributed by atoms with E-state index in [0.29, 0.717) is 10.9 Å². The molecular formula is C12H11N3OS. The molecule has 2 N–H and O–H groups in total. The van der Waals surface area contributed by atoms with E-state index in [1.807, 2.05) is 36.4 Å². The number of amidine groups is 1. The number of hydrazone groups is 1. The van der Waals surface area contributed by atoms with E-state index in [-0.39, 0.29) is 11.9 Å². The molecule has 2 aliphatic rings. The Hall–Kier alpha value is -1.75. The van der Waals surface area contributed by atoms with Crippen molar-refractivity contribution in [2.24, 2.45) is 10.9 Å². The molecule has 86 valence electrons. The summed E-state index contributed by atoms with van der Waals surface area (Å²) in [5.74, 6) is 5.80. The van der Waals surface area contributed by atoms with Crippen LogP contribution in [-0.2, 0) is 4.79 Å². The maximum Gasteiger partial charge on any atom is 0.239 e. The molecule has 0 radical (unpaired) electrons. The molecule has 0 spiro atoms. The first-order valence-electron chi connectivity index (χ1n) is 5.31. The summed E-state index contributed by atoms with van der Waals surface area (Å²) in [5.41, 5.74) is 2.28. The summed E-state index contributed by atoms with van der Waals surface area (Å²) in [4.78, 5) is 13.5. The molecule has 1 fully saturated rings. The van der Waals surface area contributed by atoms with E-state index in [2.05, 4.69) is 5.10 Å². The Morgan fingerprint density at radius 3 is 3.06 bits per heavy atom. The third-order valence-corrected chi connectivity index (χ3v) is 3.91. The summed E-state index contributed by atoms with van der Waals surface area (Å²) >= 11 is 1.39. The highest BCUT2D eigenvalue weighted by Crippen LogP contribution is 2.36. The van der Waals surface area contributed by atoms with Crippen molar-refractivity contribution in [2.45, 2.75) is 6.04 Å². The molecule has 0 aromatic heterocycles. The average molecular weight is 245 g/mol. The van der Waals surface area contributed by atoms with Crippen molar-refractivity contribution in [1.29, 1.82) is 0 Å². The molecule has 4 nitrogen and oxygen atoms in total. The van der Waals surface area contributed by atoms with E-state index in [1.165, 1.54) is 11.8 Å². The summed E-state index contributed by atoms with van der Waals surface area (Å²) in [7, 11) is 0. The fourth-order valence-electron chi connectivity index (χ4n) is 2.20. The molecule has 0 saturated carbocycles. The molecule has 1 aliphatic carbocycles. The van der Waals surface area contributed by atoms with Gasteiger partial charge in [0, 0.05) is 0 Å². The number of hydrogen-bond donors (Lipinski definition) is 1. The van der Waals surface area contributed by atoms with Gasteiger partial charge in [-0.3, -0.25) is 9.69 Å². The Balaban J connectivity index is 2.02. The lowest BCUT2D eigenvalue weighted by molar-refractivity contribution is -0.125. The average Bonchev–Trinajstić information content (AvgIpc) is 2.92. The maximum absolute atomic E-state index is 11.9. The van der Waals surface area contributed by atoms with Gasteiger partial charge in [-0.05, 0) is 11.1 Å². The molecule has 3 rings (SSSR count). The van der Waals surface area contributed by atoms with Crippen molar-refractivity contribution in [3.8, 4) is 0 Å². The molecular weight excluding hydrogens is 234 g/mol. The molecule has 1 amide bonds. The molecule has 1 aromatic rings. The Kier molecular flexibility index (Phi) is 2.40. The van der Waals surface area contributed by atoms with Crippen molar-refractivity contribution >= 4 is 28.9 Å². The maximum atomic E-state index is 11.9. The van der Waals surface area contributed by atoms with Crippen molar-refractivity contribution < 1.29 is 4.79 Å². The van der Waals surface area contributed by atoms with Crippen LogP contribution < -0.4 is 5.84 Å². The zero-order valence-corrected chi connectivity index (χ0v) is 9.85. The molecule has 1 aliphatic heterocycles. The third kappa shape index (κ3) is 1.54. The van der Waals surface area contributed by atoms with Crippen molar-refractivity contribution in [2.75, 3.05) is 5.75 Å². The second-order valence-corrected chi connectivity index (χ2v) is 4.84. The third-order valence-electron chi connectivity index (χ3n) is 2.96. The van der Waals surface area contributed by atoms with Crippen molar-refractivity contribution in [3.05, 3.63) is 41.5 Å². The smallest absolute Gasteiger partial charge is 0.239 e. The molecule has 5 heteroatoms. The summed E-state index contributed by atoms with van der Waals surface area (Å²) in [6.45, 7) is 0. The number of nitrogens with zero attached hydrogens (tertiary/aromatic N) is 2. The Morgan fingerprint density at radius 2 is 2.24 bits per heavy atom. The number of carbonyl (C=O) groups excluding carboxylic acids is 1. The van der Waals surface area contributed by atoms with Gasteiger partial charge in [0.1, 0.15) is 0 Å². The van der Waals surface area contributed by atoms with Crippen LogP contribution in [0.1, 0.15) is 17.2 Å². The van der Waals surface area contributed by atoms with Crippen molar-refractivity contribution in [1.82, 2.24) is 4.90 Å². The number of hydrogen-bond acceptors (Lipinski definition) is 4. The Bertz CT molecular complexity index is 538. The van der Waals surface area contributed by atoms with Gasteiger partial charge in [0.2, 0.25) is 5.91 Å². The lowest BCUT2D eigenvalue weighted by Gasteiger charge is -2.23. The van der Waals surface area contributed by atoms with Gasteiger partial charge in [0.15, 0.2) is 5.17 Å². The van der Waals surface area contributed by atoms with Gasteiger partial charge in [-0.15, -0.1) is 0 Å². The zero-order valence-electron chi connectivity index (χ0n) is 9.04. The Morgan fingerprint density at radius 1 is 1.41 bits per heavy atom. The topological polar surface area (TPSA) is 58.7 Å². The predicted octanol–water partition coefficient (Wildman–Crippen LogP) is 1.56. The van der Waals surface area contributed by atoms with E-state index in [4.69, 9.17) is 5.84 Å². The number of rotatable bonds is 1. The lowest BCUT2D eigenvalue weighted by atomic mass is 10.1. The number of nitrogens with two attached hydrogens (primary N) is 1. The van der Waals surface area contributed by atoms with E-state index in [1.54, 1.807) is 4.90 Å². The lowest BCUT2D eigenvalue weighted by Crippen LogP contribution is -2.32. The summed E-state index contributed by atoms with van der Waals surface area (Å²) in [6, 6.07) is 7.98. The van der Waals surface area contributed by atoms with E-state index >= 15 is 0 Å². The quantitative estimate of drug-likeness (QED) is 0.603. The highest BCUT2D eigenvalue weighted by molar-refractivity contribution is 8.15. The Labute approximate surface area is 103 Å². The molecule has 17 heavy (non-hydrogen) atoms. The minimum Gasteiger partial charge on any atom is -0.321 e. The monoisotopic (exact) mass is 245 g/mol. The van der Waals surface area contributed by atoms with Gasteiger partial charge in [-0.1, -0.05) is 48.2 Å². The van der Waals surface area contributed by atoms with Gasteiger partial charge in [0.25, 0.3) is 0 Å². The molecule has 1 saturated heterocycles. The predicted molar refractivity (Wildman–Crippen MR) is 69.1 cm³/mol. The SMILES string of the molecule is NN=C1SCC(=O)N1C1C=Cc2ccccc21. The van der Waals surface area contributed by atoms with Crippen LogP contribution in [0, 0.1) is 0 Å². The standard InChI is InChI=1S/C12H11N3OS/c13-14-12-15(11(16)7-17-12)10-6-5-8-3-1-2-4-9(8)10/h1-6,10H,7,13H2. The second kappa shape index (κ2) is 3.92. The van der Waals surface area contributed by atoms with E-state index < -0.39 is 0 Å². The van der Waals surface area contributed by atoms with Crippen LogP contribution in [0.25, 0.3) is 6.08 Å². The normalized spacial score (nSPS) is 24.7. The zero-order chi connectivity index (χ0) is 11.8. The van der Waals surface area contributed by atoms with Gasteiger partial charge in [0.05, 0.1) is 11.8 Å². The number of benzene rings is 1. The van der Waals surface area contributed by atoms with Crippen LogP contribution in [0.3, 0.4) is 0 Å². The van der Waals surface area contributed by atoms with E-state index in [0.717, 1.165) is 11.1 Å². The molecule has 1 atom stereocenters. The van der Waals surface area contributed by atoms with Crippen molar-refractivity contribution in [3.63, 3.8) is 0 Å². The van der Waals surface area contributed by atoms with Crippen LogP contribution in [0.5, 0.6) is 0 Å². The van der Waals surface area contributed by atoms with Crippen LogP contribution in [-0.4, -0.2) is 21.7 Å². The first kappa shape index (κ1) is 10.4. The van der Waals surface area contributed by atoms with Crippen LogP contribution >= 0.6 is 11.8 Å². The highest BCUT2D eigenvalue weighted by atomic mass is 32.2. The number of thioether (sulfide) groups is 1. The number of carbonyl (C=O) groups is 1. The minimum atomic E-state index is -0.0593. The van der Waals surface area contributed by atoms with Crippen LogP contribution in [0.4, 0.5) is 0 Å². The first-order valence-corrected chi connectivity index (χ1v) is 6.29. The summed E-state index contributed by atoms with van der Waals surface area (Å²) in [5, 5.41) is 4.29. The van der Waals surface area contributed by atoms with E-state index in [9.17, 15) is 4.79 Å². The highest BCUT2D eigenvalue weighted by Gasteiger charge is 2.36. The van der Waals surface area contributed by atoms with Crippen LogP contribution in [0.2, 0.25) is 0 Å². The fraction of sp³-hybridized carbons (Fsp3) is 0.167. The number of fused-ring (bicyclic) bond motifs is 1. The van der Waals surface area contributed by atoms with Crippen LogP contribution in [0.15, 0.2) is 35.4 Å². The van der Waals surface area contributed by atoms with Gasteiger partial charge >= 0.3 is 0 Å². The molecule has 0 bridgehead atoms. The molecule has 1 unspecified atom stereocenters. The molecule has 1 aromatic carbocycles. The molecule has 1 heterocycles. The first-order chi connectivity index (χ1) is 8.31. The van der Waals surface area contributed by atoms with Gasteiger partial charge in [-0.2, -0.15) is 5.10 Å². The minimum absolute atomic E-state index is 0.0593. The largest absolute Gasteiger partial charge is 0.321 e.